The van der Waals surface area contributed by atoms with E-state index in [1.54, 1.807) is 6.07 Å². The maximum absolute atomic E-state index is 13.7. The predicted molar refractivity (Wildman–Crippen MR) is 82.1 cm³/mol. The van der Waals surface area contributed by atoms with Gasteiger partial charge >= 0.3 is 5.97 Å². The number of hydrogen-bond donors (Lipinski definition) is 1. The van der Waals surface area contributed by atoms with Crippen LogP contribution in [0.25, 0.3) is 10.9 Å². The van der Waals surface area contributed by atoms with Crippen molar-refractivity contribution in [2.45, 2.75) is 6.54 Å². The molecule has 0 aliphatic rings. The minimum atomic E-state index is -1.26. The molecule has 0 atom stereocenters. The number of halogens is 2. The van der Waals surface area contributed by atoms with Crippen LogP contribution in [0.3, 0.4) is 0 Å². The third-order valence-electron chi connectivity index (χ3n) is 3.35. The van der Waals surface area contributed by atoms with Crippen LogP contribution in [-0.2, 0) is 6.54 Å². The molecule has 0 spiro atoms. The molecule has 0 unspecified atom stereocenters. The first-order valence-corrected chi connectivity index (χ1v) is 7.10. The van der Waals surface area contributed by atoms with Crippen LogP contribution in [0.1, 0.15) is 15.9 Å². The average molecular weight is 348 g/mol. The number of carboxylic acid groups (broad SMARTS) is 1. The van der Waals surface area contributed by atoms with Gasteiger partial charge in [-0.1, -0.05) is 28.1 Å². The average Bonchev–Trinajstić information content (AvgIpc) is 2.81. The number of aromatic nitrogens is 1. The molecular formula is C16H11BrFNO2. The quantitative estimate of drug-likeness (QED) is 0.767. The van der Waals surface area contributed by atoms with E-state index in [0.29, 0.717) is 6.54 Å². The lowest BCUT2D eigenvalue weighted by Crippen LogP contribution is -2.03. The molecule has 3 aromatic rings. The van der Waals surface area contributed by atoms with Crippen LogP contribution < -0.4 is 0 Å². The smallest absolute Gasteiger partial charge is 0.338 e. The maximum Gasteiger partial charge on any atom is 0.338 e. The molecule has 3 nitrogen and oxygen atoms in total. The van der Waals surface area contributed by atoms with Crippen LogP contribution in [0.2, 0.25) is 0 Å². The van der Waals surface area contributed by atoms with Crippen molar-refractivity contribution in [2.75, 3.05) is 0 Å². The first-order valence-electron chi connectivity index (χ1n) is 6.31. The molecule has 3 rings (SSSR count). The Balaban J connectivity index is 1.97. The highest BCUT2D eigenvalue weighted by atomic mass is 79.9. The molecule has 21 heavy (non-hydrogen) atoms. The molecule has 106 valence electrons. The van der Waals surface area contributed by atoms with Gasteiger partial charge in [0.2, 0.25) is 0 Å². The third-order valence-corrected chi connectivity index (χ3v) is 3.85. The van der Waals surface area contributed by atoms with Crippen LogP contribution >= 0.6 is 15.9 Å². The fourth-order valence-corrected chi connectivity index (χ4v) is 2.67. The number of fused-ring (bicyclic) bond motifs is 1. The SMILES string of the molecule is O=C(O)c1ccc(Cn2ccc3ccc(Br)cc32)cc1F. The minimum absolute atomic E-state index is 0.307. The lowest BCUT2D eigenvalue weighted by molar-refractivity contribution is 0.0692. The Morgan fingerprint density at radius 1 is 1.19 bits per heavy atom. The molecule has 2 aromatic carbocycles. The molecule has 5 heteroatoms. The van der Waals surface area contributed by atoms with Crippen LogP contribution in [0.15, 0.2) is 53.1 Å². The predicted octanol–water partition coefficient (Wildman–Crippen LogP) is 4.29. The highest BCUT2D eigenvalue weighted by molar-refractivity contribution is 9.10. The standard InChI is InChI=1S/C16H11BrFNO2/c17-12-3-2-11-5-6-19(15(11)8-12)9-10-1-4-13(16(20)21)14(18)7-10/h1-8H,9H2,(H,20,21). The monoisotopic (exact) mass is 347 g/mol. The van der Waals surface area contributed by atoms with Crippen LogP contribution in [0, 0.1) is 5.82 Å². The van der Waals surface area contributed by atoms with E-state index < -0.39 is 11.8 Å². The van der Waals surface area contributed by atoms with Crippen molar-refractivity contribution >= 4 is 32.8 Å². The summed E-state index contributed by atoms with van der Waals surface area (Å²) in [4.78, 5) is 10.8. The van der Waals surface area contributed by atoms with Gasteiger partial charge < -0.3 is 9.67 Å². The second-order valence-corrected chi connectivity index (χ2v) is 5.68. The van der Waals surface area contributed by atoms with Crippen LogP contribution in [0.4, 0.5) is 4.39 Å². The second kappa shape index (κ2) is 5.33. The lowest BCUT2D eigenvalue weighted by Gasteiger charge is -2.07. The van der Waals surface area contributed by atoms with Crippen molar-refractivity contribution in [2.24, 2.45) is 0 Å². The van der Waals surface area contributed by atoms with E-state index in [0.717, 1.165) is 20.9 Å². The number of nitrogens with zero attached hydrogens (tertiary/aromatic N) is 1. The fourth-order valence-electron chi connectivity index (χ4n) is 2.32. The summed E-state index contributed by atoms with van der Waals surface area (Å²) in [5.74, 6) is -1.97. The summed E-state index contributed by atoms with van der Waals surface area (Å²) < 4.78 is 16.7. The van der Waals surface area contributed by atoms with Crippen molar-refractivity contribution in [1.82, 2.24) is 4.57 Å². The van der Waals surface area contributed by atoms with Gasteiger partial charge in [0, 0.05) is 22.7 Å². The van der Waals surface area contributed by atoms with Crippen molar-refractivity contribution in [1.29, 1.82) is 0 Å². The molecule has 0 amide bonds. The Labute approximate surface area is 128 Å². The summed E-state index contributed by atoms with van der Waals surface area (Å²) in [6, 6.07) is 12.2. The van der Waals surface area contributed by atoms with Gasteiger partial charge in [0.25, 0.3) is 0 Å². The molecule has 1 heterocycles. The van der Waals surface area contributed by atoms with E-state index in [4.69, 9.17) is 5.11 Å². The van der Waals surface area contributed by atoms with Gasteiger partial charge in [-0.3, -0.25) is 0 Å². The van der Waals surface area contributed by atoms with Crippen molar-refractivity contribution in [3.63, 3.8) is 0 Å². The molecule has 0 aliphatic heterocycles. The molecule has 1 N–H and O–H groups in total. The van der Waals surface area contributed by atoms with E-state index in [2.05, 4.69) is 15.9 Å². The van der Waals surface area contributed by atoms with Gasteiger partial charge in [-0.15, -0.1) is 0 Å². The number of hydrogen-bond acceptors (Lipinski definition) is 1. The summed E-state index contributed by atoms with van der Waals surface area (Å²) in [7, 11) is 0. The normalized spacial score (nSPS) is 11.0. The lowest BCUT2D eigenvalue weighted by atomic mass is 10.1. The molecule has 1 aromatic heterocycles. The highest BCUT2D eigenvalue weighted by Gasteiger charge is 2.11. The number of aromatic carboxylic acids is 1. The van der Waals surface area contributed by atoms with Crippen molar-refractivity contribution in [3.8, 4) is 0 Å². The zero-order chi connectivity index (χ0) is 15.0. The van der Waals surface area contributed by atoms with Gasteiger partial charge in [0.15, 0.2) is 0 Å². The van der Waals surface area contributed by atoms with Gasteiger partial charge in [-0.05, 0) is 41.3 Å². The van der Waals surface area contributed by atoms with E-state index >= 15 is 0 Å². The first kappa shape index (κ1) is 13.8. The summed E-state index contributed by atoms with van der Waals surface area (Å²) in [5.41, 5.74) is 1.45. The van der Waals surface area contributed by atoms with Gasteiger partial charge in [0.05, 0.1) is 5.56 Å². The summed E-state index contributed by atoms with van der Waals surface area (Å²) in [6.45, 7) is 0.483. The third kappa shape index (κ3) is 2.69. The first-order chi connectivity index (χ1) is 10.0. The topological polar surface area (TPSA) is 42.2 Å². The molecular weight excluding hydrogens is 337 g/mol. The molecule has 0 bridgehead atoms. The van der Waals surface area contributed by atoms with Crippen molar-refractivity contribution in [3.05, 3.63) is 70.1 Å². The van der Waals surface area contributed by atoms with E-state index in [-0.39, 0.29) is 5.56 Å². The van der Waals surface area contributed by atoms with Gasteiger partial charge in [-0.25, -0.2) is 9.18 Å². The minimum Gasteiger partial charge on any atom is -0.478 e. The molecule has 0 radical (unpaired) electrons. The maximum atomic E-state index is 13.7. The van der Waals surface area contributed by atoms with Crippen LogP contribution in [0.5, 0.6) is 0 Å². The number of carboxylic acids is 1. The molecule has 0 fully saturated rings. The number of benzene rings is 2. The zero-order valence-electron chi connectivity index (χ0n) is 10.9. The van der Waals surface area contributed by atoms with Gasteiger partial charge in [0.1, 0.15) is 5.82 Å². The Morgan fingerprint density at radius 2 is 2.00 bits per heavy atom. The molecule has 0 aliphatic carbocycles. The van der Waals surface area contributed by atoms with Crippen molar-refractivity contribution < 1.29 is 14.3 Å². The fraction of sp³-hybridized carbons (Fsp3) is 0.0625. The molecule has 0 saturated carbocycles. The van der Waals surface area contributed by atoms with E-state index in [1.807, 2.05) is 35.0 Å². The van der Waals surface area contributed by atoms with Gasteiger partial charge in [-0.2, -0.15) is 0 Å². The second-order valence-electron chi connectivity index (χ2n) is 4.77. The summed E-state index contributed by atoms with van der Waals surface area (Å²) >= 11 is 3.44. The largest absolute Gasteiger partial charge is 0.478 e. The number of rotatable bonds is 3. The van der Waals surface area contributed by atoms with E-state index in [9.17, 15) is 9.18 Å². The Kier molecular flexibility index (Phi) is 3.51. The van der Waals surface area contributed by atoms with E-state index in [1.165, 1.54) is 12.1 Å². The Morgan fingerprint density at radius 3 is 2.71 bits per heavy atom. The van der Waals surface area contributed by atoms with Crippen LogP contribution in [-0.4, -0.2) is 15.6 Å². The Hall–Kier alpha value is -2.14. The highest BCUT2D eigenvalue weighted by Crippen LogP contribution is 2.22. The number of carbonyl (C=O) groups is 1. The molecule has 0 saturated heterocycles. The summed E-state index contributed by atoms with van der Waals surface area (Å²) in [5, 5.41) is 9.93. The zero-order valence-corrected chi connectivity index (χ0v) is 12.5. The summed E-state index contributed by atoms with van der Waals surface area (Å²) in [6.07, 6.45) is 1.93. The Bertz CT molecular complexity index is 841.